The van der Waals surface area contributed by atoms with Crippen LogP contribution in [0.4, 0.5) is 4.39 Å². The molecular weight excluding hydrogens is 311 g/mol. The third-order valence-electron chi connectivity index (χ3n) is 3.65. The largest absolute Gasteiger partial charge is 0.497 e. The molecule has 0 unspecified atom stereocenters. The molecule has 0 saturated heterocycles. The van der Waals surface area contributed by atoms with Crippen LogP contribution >= 0.6 is 0 Å². The van der Waals surface area contributed by atoms with Gasteiger partial charge in [0.2, 0.25) is 0 Å². The van der Waals surface area contributed by atoms with Crippen molar-refractivity contribution in [3.63, 3.8) is 0 Å². The summed E-state index contributed by atoms with van der Waals surface area (Å²) in [7, 11) is 1.55. The minimum absolute atomic E-state index is 0.134. The maximum Gasteiger partial charge on any atom is 0.320 e. The third-order valence-corrected chi connectivity index (χ3v) is 3.65. The molecule has 5 nitrogen and oxygen atoms in total. The molecule has 0 N–H and O–H groups in total. The second kappa shape index (κ2) is 6.54. The van der Waals surface area contributed by atoms with Crippen LogP contribution in [0.2, 0.25) is 0 Å². The van der Waals surface area contributed by atoms with Crippen LogP contribution in [0.1, 0.15) is 5.56 Å². The van der Waals surface area contributed by atoms with E-state index in [0.29, 0.717) is 17.0 Å². The zero-order chi connectivity index (χ0) is 17.1. The molecule has 0 atom stereocenters. The number of halogens is 1. The summed E-state index contributed by atoms with van der Waals surface area (Å²) >= 11 is 0. The van der Waals surface area contributed by atoms with Crippen molar-refractivity contribution in [1.82, 2.24) is 9.13 Å². The first-order valence-electron chi connectivity index (χ1n) is 7.29. The van der Waals surface area contributed by atoms with Gasteiger partial charge in [0, 0.05) is 18.1 Å². The zero-order valence-electron chi connectivity index (χ0n) is 13.0. The van der Waals surface area contributed by atoms with Crippen LogP contribution in [-0.4, -0.2) is 16.2 Å². The van der Waals surface area contributed by atoms with Crippen molar-refractivity contribution in [2.45, 2.75) is 6.54 Å². The van der Waals surface area contributed by atoms with E-state index in [0.717, 1.165) is 0 Å². The van der Waals surface area contributed by atoms with Crippen LogP contribution in [0.15, 0.2) is 70.5 Å². The van der Waals surface area contributed by atoms with Gasteiger partial charge in [-0.1, -0.05) is 12.1 Å². The summed E-state index contributed by atoms with van der Waals surface area (Å²) in [5.41, 5.74) is -0.161. The van der Waals surface area contributed by atoms with E-state index in [1.165, 1.54) is 33.7 Å². The summed E-state index contributed by atoms with van der Waals surface area (Å²) in [6, 6.07) is 12.7. The van der Waals surface area contributed by atoms with Crippen molar-refractivity contribution in [3.05, 3.63) is 93.0 Å². The fourth-order valence-corrected chi connectivity index (χ4v) is 2.41. The lowest BCUT2D eigenvalue weighted by atomic mass is 10.2. The van der Waals surface area contributed by atoms with Gasteiger partial charge in [-0.3, -0.25) is 14.2 Å². The minimum atomic E-state index is -0.669. The molecule has 1 aromatic heterocycles. The molecule has 0 amide bonds. The number of ether oxygens (including phenoxy) is 1. The predicted molar refractivity (Wildman–Crippen MR) is 88.4 cm³/mol. The van der Waals surface area contributed by atoms with E-state index in [9.17, 15) is 14.0 Å². The molecule has 1 heterocycles. The second-order valence-corrected chi connectivity index (χ2v) is 5.23. The molecule has 0 bridgehead atoms. The highest BCUT2D eigenvalue weighted by molar-refractivity contribution is 5.37. The first kappa shape index (κ1) is 15.7. The van der Waals surface area contributed by atoms with Crippen molar-refractivity contribution >= 4 is 0 Å². The van der Waals surface area contributed by atoms with Gasteiger partial charge in [0.1, 0.15) is 11.6 Å². The Morgan fingerprint density at radius 3 is 2.42 bits per heavy atom. The lowest BCUT2D eigenvalue weighted by Gasteiger charge is -2.10. The van der Waals surface area contributed by atoms with Crippen molar-refractivity contribution in [1.29, 1.82) is 0 Å². The maximum atomic E-state index is 13.2. The van der Waals surface area contributed by atoms with Crippen LogP contribution in [-0.2, 0) is 6.54 Å². The molecule has 0 aliphatic carbocycles. The molecule has 3 aromatic rings. The van der Waals surface area contributed by atoms with Crippen LogP contribution in [0, 0.1) is 5.82 Å². The van der Waals surface area contributed by atoms with Gasteiger partial charge in [0.05, 0.1) is 13.7 Å². The average Bonchev–Trinajstić information content (AvgIpc) is 2.59. The summed E-state index contributed by atoms with van der Waals surface area (Å²) in [6.45, 7) is 0.134. The van der Waals surface area contributed by atoms with Gasteiger partial charge in [0.25, 0.3) is 0 Å². The van der Waals surface area contributed by atoms with Crippen LogP contribution in [0.5, 0.6) is 5.75 Å². The fourth-order valence-electron chi connectivity index (χ4n) is 2.41. The monoisotopic (exact) mass is 326 g/mol. The van der Waals surface area contributed by atoms with Gasteiger partial charge in [-0.15, -0.1) is 0 Å². The van der Waals surface area contributed by atoms with Crippen LogP contribution < -0.4 is 15.9 Å². The Bertz CT molecular complexity index is 975. The summed E-state index contributed by atoms with van der Waals surface area (Å²) in [5.74, 6) is 0.276. The Morgan fingerprint density at radius 1 is 1.00 bits per heavy atom. The molecule has 0 aliphatic heterocycles. The Hall–Kier alpha value is -3.15. The van der Waals surface area contributed by atoms with Crippen molar-refractivity contribution < 1.29 is 9.13 Å². The molecule has 0 spiro atoms. The first-order valence-corrected chi connectivity index (χ1v) is 7.29. The molecule has 24 heavy (non-hydrogen) atoms. The molecular formula is C18H15FN2O3. The van der Waals surface area contributed by atoms with Gasteiger partial charge in [-0.25, -0.2) is 4.39 Å². The van der Waals surface area contributed by atoms with Gasteiger partial charge >= 0.3 is 11.1 Å². The van der Waals surface area contributed by atoms with E-state index in [1.54, 1.807) is 43.5 Å². The van der Waals surface area contributed by atoms with Crippen LogP contribution in [0.25, 0.3) is 5.69 Å². The molecule has 122 valence electrons. The minimum Gasteiger partial charge on any atom is -0.497 e. The fraction of sp³-hybridized carbons (Fsp3) is 0.111. The molecule has 3 rings (SSSR count). The average molecular weight is 326 g/mol. The zero-order valence-corrected chi connectivity index (χ0v) is 13.0. The molecule has 6 heteroatoms. The lowest BCUT2D eigenvalue weighted by molar-refractivity contribution is 0.414. The van der Waals surface area contributed by atoms with E-state index < -0.39 is 11.1 Å². The molecule has 2 aromatic carbocycles. The SMILES string of the molecule is COc1ccc(-n2ccn(Cc3cccc(F)c3)c(=O)c2=O)cc1. The number of aromatic nitrogens is 2. The number of hydrogen-bond acceptors (Lipinski definition) is 3. The second-order valence-electron chi connectivity index (χ2n) is 5.23. The van der Waals surface area contributed by atoms with Crippen molar-refractivity contribution in [2.24, 2.45) is 0 Å². The molecule has 0 fully saturated rings. The van der Waals surface area contributed by atoms with Crippen molar-refractivity contribution in [3.8, 4) is 11.4 Å². The highest BCUT2D eigenvalue weighted by Crippen LogP contribution is 2.13. The quantitative estimate of drug-likeness (QED) is 0.691. The van der Waals surface area contributed by atoms with Crippen LogP contribution in [0.3, 0.4) is 0 Å². The number of methoxy groups -OCH3 is 1. The Kier molecular flexibility index (Phi) is 4.29. The smallest absolute Gasteiger partial charge is 0.320 e. The van der Waals surface area contributed by atoms with Gasteiger partial charge in [-0.2, -0.15) is 0 Å². The number of rotatable bonds is 4. The summed E-state index contributed by atoms with van der Waals surface area (Å²) in [5, 5.41) is 0. The Labute approximate surface area is 137 Å². The number of benzene rings is 2. The lowest BCUT2D eigenvalue weighted by Crippen LogP contribution is -2.40. The van der Waals surface area contributed by atoms with E-state index in [2.05, 4.69) is 0 Å². The Morgan fingerprint density at radius 2 is 1.75 bits per heavy atom. The number of nitrogens with zero attached hydrogens (tertiary/aromatic N) is 2. The molecule has 0 saturated carbocycles. The number of hydrogen-bond donors (Lipinski definition) is 0. The van der Waals surface area contributed by atoms with Gasteiger partial charge < -0.3 is 9.30 Å². The standard InChI is InChI=1S/C18H15FN2O3/c1-24-16-7-5-15(6-8-16)21-10-9-20(17(22)18(21)23)12-13-3-2-4-14(19)11-13/h2-11H,12H2,1H3. The van der Waals surface area contributed by atoms with E-state index in [4.69, 9.17) is 4.74 Å². The van der Waals surface area contributed by atoms with Gasteiger partial charge in [0.15, 0.2) is 0 Å². The summed E-state index contributed by atoms with van der Waals surface area (Å²) in [4.78, 5) is 24.6. The molecule has 0 radical (unpaired) electrons. The maximum absolute atomic E-state index is 13.2. The van der Waals surface area contributed by atoms with E-state index in [-0.39, 0.29) is 12.4 Å². The summed E-state index contributed by atoms with van der Waals surface area (Å²) < 4.78 is 20.8. The topological polar surface area (TPSA) is 53.2 Å². The van der Waals surface area contributed by atoms with E-state index >= 15 is 0 Å². The highest BCUT2D eigenvalue weighted by Gasteiger charge is 2.08. The normalized spacial score (nSPS) is 10.6. The van der Waals surface area contributed by atoms with Crippen molar-refractivity contribution in [2.75, 3.05) is 7.11 Å². The van der Waals surface area contributed by atoms with E-state index in [1.807, 2.05) is 0 Å². The highest BCUT2D eigenvalue weighted by atomic mass is 19.1. The predicted octanol–water partition coefficient (Wildman–Crippen LogP) is 2.20. The molecule has 0 aliphatic rings. The Balaban J connectivity index is 1.96. The van der Waals surface area contributed by atoms with Gasteiger partial charge in [-0.05, 0) is 42.0 Å². The summed E-state index contributed by atoms with van der Waals surface area (Å²) in [6.07, 6.45) is 3.03. The third kappa shape index (κ3) is 3.12. The first-order chi connectivity index (χ1) is 11.6.